The maximum atomic E-state index is 13.1. The molecule has 2 heterocycles. The van der Waals surface area contributed by atoms with Gasteiger partial charge >= 0.3 is 11.9 Å². The Kier molecular flexibility index (Phi) is 13.4. The van der Waals surface area contributed by atoms with Crippen molar-refractivity contribution in [3.63, 3.8) is 0 Å². The molecule has 4 atom stereocenters. The number of nitrogens with one attached hydrogen (secondary N) is 1. The topological polar surface area (TPSA) is 135 Å². The van der Waals surface area contributed by atoms with Crippen molar-refractivity contribution in [3.8, 4) is 11.1 Å². The second-order valence-electron chi connectivity index (χ2n) is 14.6. The molecule has 0 saturated carbocycles. The van der Waals surface area contributed by atoms with Crippen LogP contribution in [0.3, 0.4) is 0 Å². The fraction of sp³-hybridized carbons (Fsp3) is 0.488. The molecule has 2 aliphatic rings. The summed E-state index contributed by atoms with van der Waals surface area (Å²) in [4.78, 5) is 38.3. The summed E-state index contributed by atoms with van der Waals surface area (Å²) in [5.41, 5.74) is 5.21. The summed E-state index contributed by atoms with van der Waals surface area (Å²) in [6.45, 7) is 7.45. The largest absolute Gasteiger partial charge is 0.481 e. The third-order valence-electron chi connectivity index (χ3n) is 9.32. The highest BCUT2D eigenvalue weighted by atomic mass is 16.7. The summed E-state index contributed by atoms with van der Waals surface area (Å²) in [5, 5.41) is 21.3. The number of carboxylic acid groups (broad SMARTS) is 1. The molecule has 274 valence electrons. The van der Waals surface area contributed by atoms with Crippen molar-refractivity contribution in [1.82, 2.24) is 10.2 Å². The minimum atomic E-state index is -0.808. The predicted octanol–water partition coefficient (Wildman–Crippen LogP) is 6.85. The third-order valence-corrected chi connectivity index (χ3v) is 9.32. The fourth-order valence-corrected chi connectivity index (χ4v) is 6.70. The van der Waals surface area contributed by atoms with Gasteiger partial charge < -0.3 is 29.7 Å². The van der Waals surface area contributed by atoms with E-state index in [1.54, 1.807) is 0 Å². The number of nitrogens with zero attached hydrogens (tertiary/aromatic N) is 1. The zero-order valence-corrected chi connectivity index (χ0v) is 30.0. The lowest BCUT2D eigenvalue weighted by molar-refractivity contribution is -0.253. The van der Waals surface area contributed by atoms with Crippen molar-refractivity contribution in [2.24, 2.45) is 0 Å². The van der Waals surface area contributed by atoms with E-state index >= 15 is 0 Å². The van der Waals surface area contributed by atoms with Crippen LogP contribution in [0.4, 0.5) is 0 Å². The van der Waals surface area contributed by atoms with Crippen molar-refractivity contribution in [2.75, 3.05) is 13.1 Å². The number of amides is 1. The quantitative estimate of drug-likeness (QED) is 0.115. The van der Waals surface area contributed by atoms with Gasteiger partial charge in [0.05, 0.1) is 18.8 Å². The molecule has 0 aromatic heterocycles. The molecule has 0 bridgehead atoms. The van der Waals surface area contributed by atoms with Gasteiger partial charge in [0.1, 0.15) is 11.6 Å². The van der Waals surface area contributed by atoms with Gasteiger partial charge in [0.2, 0.25) is 5.91 Å². The number of hydrogen-bond acceptors (Lipinski definition) is 8. The Morgan fingerprint density at radius 2 is 1.61 bits per heavy atom. The molecule has 5 rings (SSSR count). The number of carbonyl (C=O) groups is 3. The Labute approximate surface area is 301 Å². The van der Waals surface area contributed by atoms with Crippen LogP contribution in [0.25, 0.3) is 11.1 Å². The smallest absolute Gasteiger partial charge is 0.323 e. The number of esters is 1. The Balaban J connectivity index is 1.25. The monoisotopic (exact) mass is 700 g/mol. The van der Waals surface area contributed by atoms with E-state index in [1.165, 1.54) is 0 Å². The number of unbranched alkanes of at least 4 members (excludes halogenated alkanes) is 2. The van der Waals surface area contributed by atoms with Crippen LogP contribution in [-0.4, -0.2) is 63.8 Å². The standard InChI is InChI=1S/C41H52N2O8/c1-41(2,3)51-39(48)35-11-8-22-43(35)26-34-24-36(31-16-14-28(27-44)15-17-31)50-40(49-34)32-20-18-30(19-21-32)33-10-7-9-29(23-33)25-42-37(45)12-5-4-6-13-38(46)47/h7,9-10,14-21,23,34-36,40,44H,4-6,8,11-13,22,24-27H2,1-3H3,(H,42,45)(H,46,47). The van der Waals surface area contributed by atoms with Crippen LogP contribution >= 0.6 is 0 Å². The van der Waals surface area contributed by atoms with Gasteiger partial charge in [-0.2, -0.15) is 0 Å². The number of benzene rings is 3. The number of carbonyl (C=O) groups excluding carboxylic acids is 2. The number of aliphatic carboxylic acids is 1. The number of hydrogen-bond donors (Lipinski definition) is 3. The Morgan fingerprint density at radius 1 is 0.882 bits per heavy atom. The Bertz CT molecular complexity index is 1600. The maximum absolute atomic E-state index is 13.1. The van der Waals surface area contributed by atoms with Crippen molar-refractivity contribution in [1.29, 1.82) is 0 Å². The van der Waals surface area contributed by atoms with E-state index in [1.807, 2.05) is 87.5 Å². The molecule has 51 heavy (non-hydrogen) atoms. The molecular formula is C41H52N2O8. The SMILES string of the molecule is CC(C)(C)OC(=O)C1CCCN1CC1CC(c2ccc(CO)cc2)OC(c2ccc(-c3cccc(CNC(=O)CCCCCC(=O)O)c3)cc2)O1. The van der Waals surface area contributed by atoms with Gasteiger partial charge in [-0.1, -0.05) is 73.2 Å². The summed E-state index contributed by atoms with van der Waals surface area (Å²) < 4.78 is 18.9. The summed E-state index contributed by atoms with van der Waals surface area (Å²) in [7, 11) is 0. The van der Waals surface area contributed by atoms with Crippen molar-refractivity contribution in [3.05, 3.63) is 95.1 Å². The van der Waals surface area contributed by atoms with E-state index in [2.05, 4.69) is 16.3 Å². The second kappa shape index (κ2) is 17.9. The summed E-state index contributed by atoms with van der Waals surface area (Å²) >= 11 is 0. The molecule has 1 amide bonds. The summed E-state index contributed by atoms with van der Waals surface area (Å²) in [6, 6.07) is 23.7. The van der Waals surface area contributed by atoms with Gasteiger partial charge in [0, 0.05) is 37.9 Å². The van der Waals surface area contributed by atoms with E-state index in [0.29, 0.717) is 45.2 Å². The second-order valence-corrected chi connectivity index (χ2v) is 14.6. The number of aliphatic hydroxyl groups is 1. The van der Waals surface area contributed by atoms with E-state index in [9.17, 15) is 19.5 Å². The van der Waals surface area contributed by atoms with Crippen LogP contribution in [0.15, 0.2) is 72.8 Å². The highest BCUT2D eigenvalue weighted by Gasteiger charge is 2.39. The number of ether oxygens (including phenoxy) is 3. The van der Waals surface area contributed by atoms with Crippen LogP contribution in [0, 0.1) is 0 Å². The number of carboxylic acids is 1. The van der Waals surface area contributed by atoms with E-state index in [4.69, 9.17) is 19.3 Å². The van der Waals surface area contributed by atoms with Crippen LogP contribution < -0.4 is 5.32 Å². The molecule has 0 spiro atoms. The minimum Gasteiger partial charge on any atom is -0.481 e. The highest BCUT2D eigenvalue weighted by Crippen LogP contribution is 2.39. The van der Waals surface area contributed by atoms with Gasteiger partial charge in [0.25, 0.3) is 0 Å². The normalized spacial score (nSPS) is 20.9. The van der Waals surface area contributed by atoms with Crippen LogP contribution in [-0.2, 0) is 41.7 Å². The Morgan fingerprint density at radius 3 is 2.31 bits per heavy atom. The van der Waals surface area contributed by atoms with E-state index in [-0.39, 0.29) is 43.2 Å². The van der Waals surface area contributed by atoms with Gasteiger partial charge in [-0.05, 0) is 86.9 Å². The number of aliphatic hydroxyl groups excluding tert-OH is 1. The van der Waals surface area contributed by atoms with E-state index < -0.39 is 17.9 Å². The van der Waals surface area contributed by atoms with Gasteiger partial charge in [-0.25, -0.2) is 0 Å². The first-order chi connectivity index (χ1) is 24.5. The minimum absolute atomic E-state index is 0.0251. The molecule has 0 aliphatic carbocycles. The number of likely N-dealkylation sites (tertiary alicyclic amines) is 1. The maximum Gasteiger partial charge on any atom is 0.323 e. The lowest BCUT2D eigenvalue weighted by Crippen LogP contribution is -2.45. The zero-order valence-electron chi connectivity index (χ0n) is 30.0. The Hall–Kier alpha value is -4.09. The van der Waals surface area contributed by atoms with Crippen molar-refractivity contribution >= 4 is 17.8 Å². The average Bonchev–Trinajstić information content (AvgIpc) is 3.58. The van der Waals surface area contributed by atoms with Gasteiger partial charge in [-0.15, -0.1) is 0 Å². The molecule has 10 nitrogen and oxygen atoms in total. The first kappa shape index (κ1) is 38.1. The summed E-state index contributed by atoms with van der Waals surface area (Å²) in [6.07, 6.45) is 3.75. The molecule has 0 radical (unpaired) electrons. The number of rotatable bonds is 15. The average molecular weight is 701 g/mol. The van der Waals surface area contributed by atoms with Crippen molar-refractivity contribution < 1.29 is 38.8 Å². The molecule has 2 aliphatic heterocycles. The van der Waals surface area contributed by atoms with Crippen LogP contribution in [0.2, 0.25) is 0 Å². The van der Waals surface area contributed by atoms with Crippen LogP contribution in [0.5, 0.6) is 0 Å². The lowest BCUT2D eigenvalue weighted by atomic mass is 9.98. The van der Waals surface area contributed by atoms with Gasteiger partial charge in [0.15, 0.2) is 6.29 Å². The first-order valence-corrected chi connectivity index (χ1v) is 18.1. The highest BCUT2D eigenvalue weighted by molar-refractivity contribution is 5.77. The predicted molar refractivity (Wildman–Crippen MR) is 193 cm³/mol. The van der Waals surface area contributed by atoms with Crippen LogP contribution in [0.1, 0.15) is 107 Å². The fourth-order valence-electron chi connectivity index (χ4n) is 6.70. The molecule has 3 aromatic rings. The third kappa shape index (κ3) is 11.5. The molecular weight excluding hydrogens is 648 g/mol. The molecule has 2 fully saturated rings. The molecule has 3 N–H and O–H groups in total. The summed E-state index contributed by atoms with van der Waals surface area (Å²) in [5.74, 6) is -1.04. The van der Waals surface area contributed by atoms with E-state index in [0.717, 1.165) is 52.8 Å². The lowest BCUT2D eigenvalue weighted by Gasteiger charge is -2.38. The molecule has 3 aromatic carbocycles. The van der Waals surface area contributed by atoms with Crippen molar-refractivity contribution in [2.45, 2.75) is 115 Å². The molecule has 2 saturated heterocycles. The first-order valence-electron chi connectivity index (χ1n) is 18.1. The zero-order chi connectivity index (χ0) is 36.4. The molecule has 4 unspecified atom stereocenters. The molecule has 10 heteroatoms. The van der Waals surface area contributed by atoms with Gasteiger partial charge in [-0.3, -0.25) is 19.3 Å².